The predicted octanol–water partition coefficient (Wildman–Crippen LogP) is 6.21. The number of hydrogen-bond donors (Lipinski definition) is 2. The van der Waals surface area contributed by atoms with E-state index in [9.17, 15) is 9.59 Å². The fourth-order valence-electron chi connectivity index (χ4n) is 7.10. The summed E-state index contributed by atoms with van der Waals surface area (Å²) in [7, 11) is 0. The number of halogens is 2. The first kappa shape index (κ1) is 22.1. The van der Waals surface area contributed by atoms with Crippen LogP contribution < -0.4 is 10.6 Å². The van der Waals surface area contributed by atoms with Crippen molar-refractivity contribution in [3.05, 3.63) is 59.7 Å². The minimum atomic E-state index is -0.0315. The van der Waals surface area contributed by atoms with Crippen LogP contribution in [-0.4, -0.2) is 22.5 Å². The molecule has 4 aliphatic rings. The van der Waals surface area contributed by atoms with Crippen molar-refractivity contribution in [1.82, 2.24) is 0 Å². The van der Waals surface area contributed by atoms with Gasteiger partial charge < -0.3 is 10.6 Å². The molecule has 6 heteroatoms. The molecule has 0 heterocycles. The molecule has 0 aromatic heterocycles. The van der Waals surface area contributed by atoms with E-state index in [4.69, 9.17) is 0 Å². The molecule has 4 nitrogen and oxygen atoms in total. The quantitative estimate of drug-likeness (QED) is 0.413. The van der Waals surface area contributed by atoms with Gasteiger partial charge in [-0.05, 0) is 91.2 Å². The van der Waals surface area contributed by atoms with E-state index in [1.54, 1.807) is 0 Å². The van der Waals surface area contributed by atoms with Gasteiger partial charge in [0, 0.05) is 16.8 Å². The van der Waals surface area contributed by atoms with E-state index < -0.39 is 0 Å². The zero-order chi connectivity index (χ0) is 22.3. The van der Waals surface area contributed by atoms with E-state index in [-0.39, 0.29) is 17.2 Å². The van der Waals surface area contributed by atoms with Crippen LogP contribution in [0.2, 0.25) is 0 Å². The topological polar surface area (TPSA) is 58.2 Å². The van der Waals surface area contributed by atoms with Crippen LogP contribution in [-0.2, 0) is 15.0 Å². The van der Waals surface area contributed by atoms with E-state index in [1.165, 1.54) is 43.2 Å². The second kappa shape index (κ2) is 8.94. The number of amides is 2. The number of benzene rings is 2. The lowest BCUT2D eigenvalue weighted by atomic mass is 9.42. The molecule has 0 radical (unpaired) electrons. The molecule has 168 valence electrons. The highest BCUT2D eigenvalue weighted by Gasteiger charge is 2.57. The summed E-state index contributed by atoms with van der Waals surface area (Å²) < 4.78 is 0. The van der Waals surface area contributed by atoms with E-state index in [0.717, 1.165) is 29.1 Å². The molecule has 4 saturated carbocycles. The zero-order valence-corrected chi connectivity index (χ0v) is 21.1. The Hall–Kier alpha value is -1.66. The molecule has 2 aromatic carbocycles. The first-order valence-corrected chi connectivity index (χ1v) is 13.7. The Bertz CT molecular complexity index is 991. The van der Waals surface area contributed by atoms with E-state index in [1.807, 2.05) is 12.1 Å². The molecule has 3 unspecified atom stereocenters. The molecule has 4 aliphatic carbocycles. The lowest BCUT2D eigenvalue weighted by Gasteiger charge is -2.62. The Morgan fingerprint density at radius 3 is 1.78 bits per heavy atom. The number of carbonyl (C=O) groups excluding carboxylic acids is 2. The van der Waals surface area contributed by atoms with Crippen molar-refractivity contribution in [2.24, 2.45) is 17.8 Å². The van der Waals surface area contributed by atoms with E-state index >= 15 is 0 Å². The van der Waals surface area contributed by atoms with Crippen molar-refractivity contribution < 1.29 is 9.59 Å². The number of hydrogen-bond acceptors (Lipinski definition) is 2. The number of anilines is 2. The van der Waals surface area contributed by atoms with Crippen LogP contribution >= 0.6 is 31.9 Å². The molecular weight excluding hydrogens is 532 g/mol. The SMILES string of the molecule is O=C(CBr)Nc1ccc(C2C3CC4CC(C3)CC2(c2ccc(NC(=O)CBr)cc2)C4)cc1. The third-order valence-corrected chi connectivity index (χ3v) is 8.87. The molecule has 2 amide bonds. The molecule has 0 spiro atoms. The Balaban J connectivity index is 1.47. The van der Waals surface area contributed by atoms with Gasteiger partial charge in [0.2, 0.25) is 11.8 Å². The standard InChI is InChI=1S/C26H28Br2N2O2/c27-14-23(31)29-21-5-1-18(2-6-21)25-19-10-16-9-17(11-19)13-26(25,12-16)20-3-7-22(8-4-20)30-24(32)15-28/h1-8,16-17,19,25H,9-15H2,(H,29,31)(H,30,32). The van der Waals surface area contributed by atoms with Crippen molar-refractivity contribution >= 4 is 55.0 Å². The highest BCUT2D eigenvalue weighted by Crippen LogP contribution is 2.66. The maximum atomic E-state index is 11.8. The molecule has 32 heavy (non-hydrogen) atoms. The van der Waals surface area contributed by atoms with Gasteiger partial charge in [0.05, 0.1) is 10.7 Å². The van der Waals surface area contributed by atoms with Crippen LogP contribution in [0.15, 0.2) is 48.5 Å². The second-order valence-corrected chi connectivity index (χ2v) is 10.9. The first-order valence-electron chi connectivity index (χ1n) is 11.4. The molecule has 4 fully saturated rings. The summed E-state index contributed by atoms with van der Waals surface area (Å²) in [5, 5.41) is 6.48. The highest BCUT2D eigenvalue weighted by molar-refractivity contribution is 9.09. The summed E-state index contributed by atoms with van der Waals surface area (Å²) in [5.41, 5.74) is 4.67. The Kier molecular flexibility index (Phi) is 6.19. The number of nitrogens with one attached hydrogen (secondary N) is 2. The van der Waals surface area contributed by atoms with Crippen molar-refractivity contribution in [1.29, 1.82) is 0 Å². The average Bonchev–Trinajstić information content (AvgIpc) is 2.79. The molecule has 2 N–H and O–H groups in total. The summed E-state index contributed by atoms with van der Waals surface area (Å²) in [5.74, 6) is 2.81. The van der Waals surface area contributed by atoms with Crippen LogP contribution in [0, 0.1) is 17.8 Å². The molecule has 3 atom stereocenters. The van der Waals surface area contributed by atoms with Crippen molar-refractivity contribution in [3.63, 3.8) is 0 Å². The van der Waals surface area contributed by atoms with Crippen LogP contribution in [0.5, 0.6) is 0 Å². The smallest absolute Gasteiger partial charge is 0.235 e. The Morgan fingerprint density at radius 1 is 0.781 bits per heavy atom. The average molecular weight is 560 g/mol. The molecule has 0 saturated heterocycles. The van der Waals surface area contributed by atoms with Gasteiger partial charge >= 0.3 is 0 Å². The second-order valence-electron chi connectivity index (χ2n) is 9.80. The number of rotatable bonds is 6. The third-order valence-electron chi connectivity index (χ3n) is 7.85. The predicted molar refractivity (Wildman–Crippen MR) is 136 cm³/mol. The Labute approximate surface area is 206 Å². The minimum Gasteiger partial charge on any atom is -0.325 e. The van der Waals surface area contributed by atoms with Gasteiger partial charge in [-0.25, -0.2) is 0 Å². The minimum absolute atomic E-state index is 0.0301. The lowest BCUT2D eigenvalue weighted by molar-refractivity contribution is -0.114. The van der Waals surface area contributed by atoms with Crippen LogP contribution in [0.25, 0.3) is 0 Å². The summed E-state index contributed by atoms with van der Waals surface area (Å²) in [6, 6.07) is 17.2. The number of alkyl halides is 2. The fraction of sp³-hybridized carbons (Fsp3) is 0.462. The zero-order valence-electron chi connectivity index (χ0n) is 18.0. The maximum absolute atomic E-state index is 11.8. The summed E-state index contributed by atoms with van der Waals surface area (Å²) >= 11 is 6.42. The molecule has 0 aliphatic heterocycles. The molecule has 6 rings (SSSR count). The van der Waals surface area contributed by atoms with Crippen molar-refractivity contribution in [2.45, 2.75) is 43.4 Å². The van der Waals surface area contributed by atoms with Crippen molar-refractivity contribution in [2.75, 3.05) is 21.3 Å². The van der Waals surface area contributed by atoms with Gasteiger partial charge in [-0.15, -0.1) is 0 Å². The summed E-state index contributed by atoms with van der Waals surface area (Å²) in [6.07, 6.45) is 6.57. The number of carbonyl (C=O) groups is 2. The highest BCUT2D eigenvalue weighted by atomic mass is 79.9. The van der Waals surface area contributed by atoms with Gasteiger partial charge in [0.25, 0.3) is 0 Å². The van der Waals surface area contributed by atoms with Crippen LogP contribution in [0.3, 0.4) is 0 Å². The summed E-state index contributed by atoms with van der Waals surface area (Å²) in [4.78, 5) is 23.5. The van der Waals surface area contributed by atoms with Crippen molar-refractivity contribution in [3.8, 4) is 0 Å². The van der Waals surface area contributed by atoms with Gasteiger partial charge in [-0.1, -0.05) is 56.1 Å². The largest absolute Gasteiger partial charge is 0.325 e. The van der Waals surface area contributed by atoms with Gasteiger partial charge in [-0.2, -0.15) is 0 Å². The van der Waals surface area contributed by atoms with Gasteiger partial charge in [0.1, 0.15) is 0 Å². The lowest BCUT2D eigenvalue weighted by Crippen LogP contribution is -2.53. The fourth-order valence-corrected chi connectivity index (χ4v) is 7.38. The summed E-state index contributed by atoms with van der Waals surface area (Å²) in [6.45, 7) is 0. The van der Waals surface area contributed by atoms with Gasteiger partial charge in [0.15, 0.2) is 0 Å². The normalized spacial score (nSPS) is 30.2. The maximum Gasteiger partial charge on any atom is 0.235 e. The first-order chi connectivity index (χ1) is 15.5. The molecule has 2 aromatic rings. The van der Waals surface area contributed by atoms with Gasteiger partial charge in [-0.3, -0.25) is 9.59 Å². The molecule has 4 bridgehead atoms. The van der Waals surface area contributed by atoms with E-state index in [0.29, 0.717) is 16.6 Å². The van der Waals surface area contributed by atoms with Crippen LogP contribution in [0.1, 0.15) is 49.1 Å². The monoisotopic (exact) mass is 558 g/mol. The third kappa shape index (κ3) is 4.05. The van der Waals surface area contributed by atoms with E-state index in [2.05, 4.69) is 78.9 Å². The molecular formula is C26H28Br2N2O2. The Morgan fingerprint density at radius 2 is 1.28 bits per heavy atom. The van der Waals surface area contributed by atoms with Crippen LogP contribution in [0.4, 0.5) is 11.4 Å².